The largest absolute Gasteiger partial charge is 0.461 e. The zero-order valence-electron chi connectivity index (χ0n) is 12.4. The Morgan fingerprint density at radius 3 is 2.48 bits per heavy atom. The van der Waals surface area contributed by atoms with Crippen LogP contribution in [0.3, 0.4) is 0 Å². The van der Waals surface area contributed by atoms with Crippen molar-refractivity contribution in [1.82, 2.24) is 15.0 Å². The van der Waals surface area contributed by atoms with Gasteiger partial charge in [-0.05, 0) is 24.5 Å². The third-order valence-corrected chi connectivity index (χ3v) is 3.26. The number of nitrogens with zero attached hydrogens (tertiary/aromatic N) is 3. The van der Waals surface area contributed by atoms with Gasteiger partial charge in [0.15, 0.2) is 5.69 Å². The molecule has 0 bridgehead atoms. The Balaban J connectivity index is 2.21. The number of carbonyl (C=O) groups excluding carboxylic acids is 1. The van der Waals surface area contributed by atoms with Gasteiger partial charge >= 0.3 is 5.97 Å². The van der Waals surface area contributed by atoms with Crippen molar-refractivity contribution < 1.29 is 9.53 Å². The molecular weight excluding hydrogens is 268 g/mol. The van der Waals surface area contributed by atoms with Gasteiger partial charge in [-0.15, -0.1) is 5.10 Å². The van der Waals surface area contributed by atoms with E-state index in [9.17, 15) is 4.79 Å². The van der Waals surface area contributed by atoms with Gasteiger partial charge in [0.1, 0.15) is 0 Å². The number of aryl methyl sites for hydroxylation is 1. The molecule has 1 aromatic carbocycles. The minimum Gasteiger partial charge on any atom is -0.461 e. The highest BCUT2D eigenvalue weighted by atomic mass is 16.5. The van der Waals surface area contributed by atoms with E-state index in [4.69, 9.17) is 10.5 Å². The third-order valence-electron chi connectivity index (χ3n) is 3.26. The quantitative estimate of drug-likeness (QED) is 0.815. The fraction of sp³-hybridized carbons (Fsp3) is 0.400. The predicted molar refractivity (Wildman–Crippen MR) is 78.8 cm³/mol. The molecule has 0 spiro atoms. The van der Waals surface area contributed by atoms with Gasteiger partial charge in [-0.1, -0.05) is 36.4 Å². The van der Waals surface area contributed by atoms with Crippen LogP contribution < -0.4 is 5.73 Å². The molecule has 0 saturated carbocycles. The fourth-order valence-electron chi connectivity index (χ4n) is 2.07. The summed E-state index contributed by atoms with van der Waals surface area (Å²) in [6, 6.07) is 8.26. The van der Waals surface area contributed by atoms with Crippen LogP contribution >= 0.6 is 0 Å². The first-order chi connectivity index (χ1) is 10.2. The molecule has 1 aromatic heterocycles. The molecule has 0 saturated heterocycles. The number of aromatic nitrogens is 3. The van der Waals surface area contributed by atoms with Crippen molar-refractivity contribution in [3.05, 3.63) is 46.8 Å². The molecule has 21 heavy (non-hydrogen) atoms. The van der Waals surface area contributed by atoms with Crippen LogP contribution in [0.2, 0.25) is 0 Å². The summed E-state index contributed by atoms with van der Waals surface area (Å²) >= 11 is 0. The molecule has 2 N–H and O–H groups in total. The monoisotopic (exact) mass is 288 g/mol. The Bertz CT molecular complexity index is 605. The van der Waals surface area contributed by atoms with E-state index in [-0.39, 0.29) is 12.2 Å². The van der Waals surface area contributed by atoms with Gasteiger partial charge in [-0.2, -0.15) is 0 Å². The Morgan fingerprint density at radius 2 is 1.90 bits per heavy atom. The standard InChI is InChI=1S/C15H20N4O2/c1-3-11-5-7-12(8-6-11)10-19-13(9-16)14(17-18-19)15(20)21-4-2/h5-8H,3-4,9-10,16H2,1-2H3. The molecule has 0 radical (unpaired) electrons. The van der Waals surface area contributed by atoms with Crippen molar-refractivity contribution in [3.8, 4) is 0 Å². The Kier molecular flexibility index (Phi) is 5.05. The number of hydrogen-bond donors (Lipinski definition) is 1. The molecule has 0 aliphatic carbocycles. The molecule has 6 nitrogen and oxygen atoms in total. The predicted octanol–water partition coefficient (Wildman–Crippen LogP) is 1.52. The molecule has 0 fully saturated rings. The van der Waals surface area contributed by atoms with E-state index in [1.807, 2.05) is 12.1 Å². The number of benzene rings is 1. The van der Waals surface area contributed by atoms with Crippen molar-refractivity contribution in [2.24, 2.45) is 5.73 Å². The van der Waals surface area contributed by atoms with Crippen molar-refractivity contribution >= 4 is 5.97 Å². The van der Waals surface area contributed by atoms with Gasteiger partial charge in [0, 0.05) is 6.54 Å². The van der Waals surface area contributed by atoms with Crippen molar-refractivity contribution in [2.45, 2.75) is 33.4 Å². The normalized spacial score (nSPS) is 10.6. The van der Waals surface area contributed by atoms with Gasteiger partial charge in [-0.25, -0.2) is 9.48 Å². The molecule has 0 unspecified atom stereocenters. The average Bonchev–Trinajstić information content (AvgIpc) is 2.91. The lowest BCUT2D eigenvalue weighted by atomic mass is 10.1. The minimum absolute atomic E-state index is 0.189. The zero-order valence-corrected chi connectivity index (χ0v) is 12.4. The summed E-state index contributed by atoms with van der Waals surface area (Å²) in [5.74, 6) is -0.481. The van der Waals surface area contributed by atoms with Gasteiger partial charge in [-0.3, -0.25) is 0 Å². The molecule has 0 aliphatic rings. The highest BCUT2D eigenvalue weighted by Gasteiger charge is 2.19. The number of ether oxygens (including phenoxy) is 1. The van der Waals surface area contributed by atoms with E-state index >= 15 is 0 Å². The lowest BCUT2D eigenvalue weighted by Gasteiger charge is -2.07. The van der Waals surface area contributed by atoms with Crippen LogP contribution in [-0.4, -0.2) is 27.6 Å². The molecule has 0 atom stereocenters. The highest BCUT2D eigenvalue weighted by molar-refractivity contribution is 5.88. The minimum atomic E-state index is -0.481. The molecular formula is C15H20N4O2. The van der Waals surface area contributed by atoms with Crippen LogP contribution in [0.15, 0.2) is 24.3 Å². The second-order valence-corrected chi connectivity index (χ2v) is 4.64. The second-order valence-electron chi connectivity index (χ2n) is 4.64. The van der Waals surface area contributed by atoms with Gasteiger partial charge in [0.2, 0.25) is 0 Å². The van der Waals surface area contributed by atoms with Gasteiger partial charge in [0.25, 0.3) is 0 Å². The number of esters is 1. The van der Waals surface area contributed by atoms with Crippen molar-refractivity contribution in [2.75, 3.05) is 6.61 Å². The molecule has 0 amide bonds. The summed E-state index contributed by atoms with van der Waals surface area (Å²) in [7, 11) is 0. The van der Waals surface area contributed by atoms with Crippen molar-refractivity contribution in [1.29, 1.82) is 0 Å². The number of nitrogens with two attached hydrogens (primary N) is 1. The molecule has 112 valence electrons. The van der Waals surface area contributed by atoms with Crippen LogP contribution in [-0.2, 0) is 24.2 Å². The lowest BCUT2D eigenvalue weighted by Crippen LogP contribution is -2.14. The topological polar surface area (TPSA) is 83.0 Å². The molecule has 2 rings (SSSR count). The summed E-state index contributed by atoms with van der Waals surface area (Å²) in [6.07, 6.45) is 1.00. The smallest absolute Gasteiger partial charge is 0.360 e. The molecule has 2 aromatic rings. The van der Waals surface area contributed by atoms with Gasteiger partial charge < -0.3 is 10.5 Å². The van der Waals surface area contributed by atoms with E-state index < -0.39 is 5.97 Å². The van der Waals surface area contributed by atoms with E-state index in [1.54, 1.807) is 11.6 Å². The van der Waals surface area contributed by atoms with Gasteiger partial charge in [0.05, 0.1) is 18.8 Å². The number of carbonyl (C=O) groups is 1. The second kappa shape index (κ2) is 6.99. The maximum absolute atomic E-state index is 11.8. The maximum Gasteiger partial charge on any atom is 0.360 e. The van der Waals surface area contributed by atoms with Crippen LogP contribution in [0.1, 0.15) is 41.2 Å². The maximum atomic E-state index is 11.8. The Morgan fingerprint density at radius 1 is 1.24 bits per heavy atom. The zero-order chi connectivity index (χ0) is 15.2. The van der Waals surface area contributed by atoms with Crippen LogP contribution in [0.5, 0.6) is 0 Å². The summed E-state index contributed by atoms with van der Waals surface area (Å²) < 4.78 is 6.60. The first kappa shape index (κ1) is 15.2. The number of rotatable bonds is 6. The van der Waals surface area contributed by atoms with Crippen molar-refractivity contribution in [3.63, 3.8) is 0 Å². The molecule has 0 aliphatic heterocycles. The fourth-order valence-corrected chi connectivity index (χ4v) is 2.07. The van der Waals surface area contributed by atoms with Crippen LogP contribution in [0.25, 0.3) is 0 Å². The first-order valence-corrected chi connectivity index (χ1v) is 7.06. The summed E-state index contributed by atoms with van der Waals surface area (Å²) in [5, 5.41) is 7.91. The Hall–Kier alpha value is -2.21. The number of hydrogen-bond acceptors (Lipinski definition) is 5. The first-order valence-electron chi connectivity index (χ1n) is 7.06. The lowest BCUT2D eigenvalue weighted by molar-refractivity contribution is 0.0518. The van der Waals surface area contributed by atoms with E-state index in [2.05, 4.69) is 29.4 Å². The van der Waals surface area contributed by atoms with E-state index in [0.717, 1.165) is 12.0 Å². The summed E-state index contributed by atoms with van der Waals surface area (Å²) in [4.78, 5) is 11.8. The SMILES string of the molecule is CCOC(=O)c1nnn(Cc2ccc(CC)cc2)c1CN. The molecule has 1 heterocycles. The highest BCUT2D eigenvalue weighted by Crippen LogP contribution is 2.11. The third kappa shape index (κ3) is 3.46. The summed E-state index contributed by atoms with van der Waals surface area (Å²) in [6.45, 7) is 4.88. The van der Waals surface area contributed by atoms with Crippen LogP contribution in [0, 0.1) is 0 Å². The van der Waals surface area contributed by atoms with E-state index in [0.29, 0.717) is 18.8 Å². The summed E-state index contributed by atoms with van der Waals surface area (Å²) in [5.41, 5.74) is 8.88. The van der Waals surface area contributed by atoms with Crippen LogP contribution in [0.4, 0.5) is 0 Å². The average molecular weight is 288 g/mol. The molecule has 6 heteroatoms. The van der Waals surface area contributed by atoms with E-state index in [1.165, 1.54) is 5.56 Å². The Labute approximate surface area is 123 Å².